The summed E-state index contributed by atoms with van der Waals surface area (Å²) < 4.78 is 26.8. The van der Waals surface area contributed by atoms with Crippen LogP contribution in [-0.2, 0) is 33.3 Å². The van der Waals surface area contributed by atoms with Gasteiger partial charge in [0.05, 0.1) is 32.0 Å². The molecule has 0 aromatic heterocycles. The number of hydrogen-bond donors (Lipinski definition) is 13. The number of hydrogen-bond acceptors (Lipinski definition) is 18. The van der Waals surface area contributed by atoms with Gasteiger partial charge in [0.15, 0.2) is 12.6 Å². The van der Waals surface area contributed by atoms with Crippen LogP contribution in [0.5, 0.6) is 0 Å². The highest BCUT2D eigenvalue weighted by Crippen LogP contribution is 2.38. The summed E-state index contributed by atoms with van der Waals surface area (Å²) in [7, 11) is 0. The van der Waals surface area contributed by atoms with Crippen molar-refractivity contribution in [3.05, 3.63) is 0 Å². The maximum absolute atomic E-state index is 12.5. The lowest BCUT2D eigenvalue weighted by molar-refractivity contribution is -0.385. The van der Waals surface area contributed by atoms with E-state index in [0.717, 1.165) is 6.92 Å². The van der Waals surface area contributed by atoms with Gasteiger partial charge in [-0.05, 0) is 0 Å². The monoisotopic (exact) mass is 633 g/mol. The minimum atomic E-state index is -3.02. The summed E-state index contributed by atoms with van der Waals surface area (Å²) in [4.78, 5) is 24.3. The predicted octanol–water partition coefficient (Wildman–Crippen LogP) is -8.22. The van der Waals surface area contributed by atoms with E-state index in [1.807, 2.05) is 0 Å². The normalized spacial score (nSPS) is 45.3. The Morgan fingerprint density at radius 2 is 1.53 bits per heavy atom. The second kappa shape index (κ2) is 14.6. The number of carboxylic acid groups (broad SMARTS) is 1. The van der Waals surface area contributed by atoms with Gasteiger partial charge < -0.3 is 90.3 Å². The third kappa shape index (κ3) is 7.41. The topological polar surface area (TPSA) is 335 Å². The summed E-state index contributed by atoms with van der Waals surface area (Å²) in [6, 6.07) is -1.54. The van der Waals surface area contributed by atoms with Crippen LogP contribution >= 0.6 is 0 Å². The van der Waals surface area contributed by atoms with Crippen LogP contribution in [-0.4, -0.2) is 191 Å². The highest BCUT2D eigenvalue weighted by atomic mass is 16.8. The van der Waals surface area contributed by atoms with Gasteiger partial charge in [-0.3, -0.25) is 4.79 Å². The maximum atomic E-state index is 12.5. The zero-order valence-electron chi connectivity index (χ0n) is 22.7. The number of aliphatic hydroxyl groups excluding tert-OH is 11. The molecule has 3 heterocycles. The largest absolute Gasteiger partial charge is 0.477 e. The summed E-state index contributed by atoms with van der Waals surface area (Å²) >= 11 is 0. The van der Waals surface area contributed by atoms with Crippen molar-refractivity contribution in [3.8, 4) is 0 Å². The molecule has 0 spiro atoms. The van der Waals surface area contributed by atoms with Gasteiger partial charge in [-0.1, -0.05) is 0 Å². The molecular formula is C23H39NO19. The van der Waals surface area contributed by atoms with Crippen LogP contribution in [0.2, 0.25) is 0 Å². The quantitative estimate of drug-likeness (QED) is 0.100. The molecule has 0 bridgehead atoms. The van der Waals surface area contributed by atoms with Crippen LogP contribution in [0.15, 0.2) is 0 Å². The van der Waals surface area contributed by atoms with Gasteiger partial charge in [0.1, 0.15) is 67.1 Å². The summed E-state index contributed by atoms with van der Waals surface area (Å²) in [5.41, 5.74) is 0. The third-order valence-electron chi connectivity index (χ3n) is 7.47. The average Bonchev–Trinajstić information content (AvgIpc) is 2.96. The number of ether oxygens (including phenoxy) is 5. The number of carbonyl (C=O) groups is 2. The SMILES string of the molecule is CC(=O)N[C@H]1[C@H]([C@H](O)[C@H](O)CO)O[C@](O[C@H]2[C@@H](O)[C@@H](CO)O[C@@H](O[C@H]3[C@H](O)[C@@H](O)[C@H](O)O[C@@H]3CO)[C@@H]2O)(C(=O)O)C[C@@H]1O. The second-order valence-corrected chi connectivity index (χ2v) is 10.5. The average molecular weight is 634 g/mol. The Labute approximate surface area is 243 Å². The fourth-order valence-corrected chi connectivity index (χ4v) is 5.16. The third-order valence-corrected chi connectivity index (χ3v) is 7.47. The molecule has 0 radical (unpaired) electrons. The number of amides is 1. The molecule has 3 aliphatic heterocycles. The van der Waals surface area contributed by atoms with Gasteiger partial charge in [0.25, 0.3) is 5.79 Å². The summed E-state index contributed by atoms with van der Waals surface area (Å²) in [6.07, 6.45) is -27.8. The molecule has 20 nitrogen and oxygen atoms in total. The first-order chi connectivity index (χ1) is 20.1. The van der Waals surface area contributed by atoms with E-state index < -0.39 is 136 Å². The van der Waals surface area contributed by atoms with E-state index in [9.17, 15) is 70.9 Å². The smallest absolute Gasteiger partial charge is 0.364 e. The van der Waals surface area contributed by atoms with Crippen molar-refractivity contribution < 1.29 is 94.6 Å². The molecule has 0 saturated carbocycles. The molecule has 0 aliphatic carbocycles. The molecular weight excluding hydrogens is 594 g/mol. The molecule has 250 valence electrons. The summed E-state index contributed by atoms with van der Waals surface area (Å²) in [5.74, 6) is -5.74. The molecule has 43 heavy (non-hydrogen) atoms. The van der Waals surface area contributed by atoms with Crippen molar-refractivity contribution >= 4 is 11.9 Å². The lowest BCUT2D eigenvalue weighted by Gasteiger charge is -2.50. The Bertz CT molecular complexity index is 942. The van der Waals surface area contributed by atoms with Crippen molar-refractivity contribution in [2.45, 2.75) is 111 Å². The molecule has 3 fully saturated rings. The van der Waals surface area contributed by atoms with Crippen molar-refractivity contribution in [3.63, 3.8) is 0 Å². The lowest BCUT2D eigenvalue weighted by Crippen LogP contribution is -2.70. The van der Waals surface area contributed by atoms with E-state index in [1.165, 1.54) is 0 Å². The van der Waals surface area contributed by atoms with E-state index in [0.29, 0.717) is 0 Å². The number of carboxylic acids is 1. The van der Waals surface area contributed by atoms with Crippen LogP contribution in [0.1, 0.15) is 13.3 Å². The molecule has 0 unspecified atom stereocenters. The van der Waals surface area contributed by atoms with Crippen molar-refractivity contribution in [2.24, 2.45) is 0 Å². The van der Waals surface area contributed by atoms with E-state index >= 15 is 0 Å². The van der Waals surface area contributed by atoms with Gasteiger partial charge in [0, 0.05) is 13.3 Å². The van der Waals surface area contributed by atoms with Gasteiger partial charge >= 0.3 is 5.97 Å². The minimum absolute atomic E-state index is 0.749. The highest BCUT2D eigenvalue weighted by molar-refractivity contribution is 5.76. The number of carbonyl (C=O) groups excluding carboxylic acids is 1. The first kappa shape index (κ1) is 35.8. The first-order valence-corrected chi connectivity index (χ1v) is 13.2. The molecule has 3 rings (SSSR count). The molecule has 20 heteroatoms. The molecule has 13 N–H and O–H groups in total. The Balaban J connectivity index is 1.94. The van der Waals surface area contributed by atoms with E-state index in [1.54, 1.807) is 0 Å². The zero-order valence-corrected chi connectivity index (χ0v) is 22.7. The van der Waals surface area contributed by atoms with Gasteiger partial charge in [-0.2, -0.15) is 0 Å². The molecule has 0 aromatic carbocycles. The van der Waals surface area contributed by atoms with Crippen LogP contribution in [0, 0.1) is 0 Å². The number of aliphatic hydroxyl groups is 11. The van der Waals surface area contributed by atoms with Crippen LogP contribution in [0.3, 0.4) is 0 Å². The van der Waals surface area contributed by atoms with Crippen molar-refractivity contribution in [1.29, 1.82) is 0 Å². The Morgan fingerprint density at radius 3 is 2.07 bits per heavy atom. The van der Waals surface area contributed by atoms with Crippen molar-refractivity contribution in [2.75, 3.05) is 19.8 Å². The summed E-state index contributed by atoms with van der Waals surface area (Å²) in [5, 5.41) is 124. The summed E-state index contributed by atoms with van der Waals surface area (Å²) in [6.45, 7) is -1.85. The van der Waals surface area contributed by atoms with Gasteiger partial charge in [-0.15, -0.1) is 0 Å². The Kier molecular flexibility index (Phi) is 12.1. The second-order valence-electron chi connectivity index (χ2n) is 10.5. The maximum Gasteiger partial charge on any atom is 0.364 e. The van der Waals surface area contributed by atoms with E-state index in [2.05, 4.69) is 5.32 Å². The van der Waals surface area contributed by atoms with Gasteiger partial charge in [0.2, 0.25) is 5.91 Å². The highest BCUT2D eigenvalue weighted by Gasteiger charge is 2.60. The number of aliphatic carboxylic acids is 1. The molecule has 3 saturated heterocycles. The molecule has 16 atom stereocenters. The standard InChI is InChI=1S/C23H39NO19/c1-6(28)24-11-7(29)2-23(22(37)38,42-18(11)12(31)8(30)3-25)43-19-13(32)9(4-26)40-21(16(19)35)41-17-10(5-27)39-20(36)15(34)14(17)33/h7-21,25-27,29-36H,2-5H2,1H3,(H,24,28)(H,37,38)/t7-,8+,9+,10+,11+,12+,13-,14+,15+,16+,17+,18+,19-,20+,21-,23+/m0/s1. The Hall–Kier alpha value is -1.70. The molecule has 0 aromatic rings. The fraction of sp³-hybridized carbons (Fsp3) is 0.913. The van der Waals surface area contributed by atoms with Gasteiger partial charge in [-0.25, -0.2) is 4.79 Å². The van der Waals surface area contributed by atoms with Crippen LogP contribution in [0.25, 0.3) is 0 Å². The first-order valence-electron chi connectivity index (χ1n) is 13.2. The zero-order chi connectivity index (χ0) is 32.4. The lowest BCUT2D eigenvalue weighted by atomic mass is 9.88. The molecule has 1 amide bonds. The van der Waals surface area contributed by atoms with E-state index in [4.69, 9.17) is 23.7 Å². The minimum Gasteiger partial charge on any atom is -0.477 e. The van der Waals surface area contributed by atoms with E-state index in [-0.39, 0.29) is 0 Å². The Morgan fingerprint density at radius 1 is 0.907 bits per heavy atom. The van der Waals surface area contributed by atoms with Crippen LogP contribution < -0.4 is 5.32 Å². The number of rotatable bonds is 11. The fourth-order valence-electron chi connectivity index (χ4n) is 5.16. The number of nitrogens with one attached hydrogen (secondary N) is 1. The predicted molar refractivity (Wildman–Crippen MR) is 130 cm³/mol. The van der Waals surface area contributed by atoms with Crippen molar-refractivity contribution in [1.82, 2.24) is 5.32 Å². The molecule has 3 aliphatic rings. The van der Waals surface area contributed by atoms with Crippen LogP contribution in [0.4, 0.5) is 0 Å².